The Morgan fingerprint density at radius 1 is 1.12 bits per heavy atom. The van der Waals surface area contributed by atoms with Crippen LogP contribution in [0.15, 0.2) is 30.8 Å². The fourth-order valence-corrected chi connectivity index (χ4v) is 3.32. The molecule has 0 radical (unpaired) electrons. The summed E-state index contributed by atoms with van der Waals surface area (Å²) in [6.45, 7) is 3.79. The Labute approximate surface area is 98.0 Å². The Hall–Kier alpha value is -0.943. The average molecular weight is 238 g/mol. The lowest BCUT2D eigenvalue weighted by Gasteiger charge is -2.25. The zero-order valence-electron chi connectivity index (χ0n) is 10.0. The largest absolute Gasteiger partial charge is 0.504 e. The number of hydrogen-bond donors (Lipinski definition) is 0. The van der Waals surface area contributed by atoms with Crippen molar-refractivity contribution in [2.45, 2.75) is 6.04 Å². The highest BCUT2D eigenvalue weighted by molar-refractivity contribution is 6.60. The summed E-state index contributed by atoms with van der Waals surface area (Å²) in [7, 11) is 2.31. The van der Waals surface area contributed by atoms with Crippen LogP contribution in [0.2, 0.25) is 0 Å². The second-order valence-corrected chi connectivity index (χ2v) is 6.32. The normalized spacial score (nSPS) is 11.4. The molecule has 0 aliphatic carbocycles. The Morgan fingerprint density at radius 3 is 2.19 bits per heavy atom. The van der Waals surface area contributed by atoms with Crippen LogP contribution in [0.5, 0.6) is 0 Å². The standard InChI is InChI=1S/C12H18O3Si/c1-5-11-8-6-7-9-12(11)10-16(13-2,14-3)15-4/h5-9H,1,10H2,2-4H3. The molecule has 0 aliphatic rings. The Bertz CT molecular complexity index is 340. The van der Waals surface area contributed by atoms with E-state index in [-0.39, 0.29) is 0 Å². The third-order valence-electron chi connectivity index (χ3n) is 2.61. The van der Waals surface area contributed by atoms with Gasteiger partial charge in [-0.25, -0.2) is 0 Å². The molecule has 0 aromatic heterocycles. The molecule has 1 rings (SSSR count). The fourth-order valence-electron chi connectivity index (χ4n) is 1.59. The van der Waals surface area contributed by atoms with Crippen molar-refractivity contribution >= 4 is 14.9 Å². The monoisotopic (exact) mass is 238 g/mol. The van der Waals surface area contributed by atoms with Crippen molar-refractivity contribution in [3.05, 3.63) is 42.0 Å². The van der Waals surface area contributed by atoms with E-state index in [0.717, 1.165) is 11.1 Å². The van der Waals surface area contributed by atoms with Gasteiger partial charge in [-0.05, 0) is 11.1 Å². The fraction of sp³-hybridized carbons (Fsp3) is 0.333. The van der Waals surface area contributed by atoms with E-state index in [4.69, 9.17) is 13.3 Å². The molecule has 0 amide bonds. The molecule has 0 aliphatic heterocycles. The summed E-state index contributed by atoms with van der Waals surface area (Å²) in [5, 5.41) is 0. The minimum absolute atomic E-state index is 0.651. The van der Waals surface area contributed by atoms with Gasteiger partial charge >= 0.3 is 8.80 Å². The second-order valence-electron chi connectivity index (χ2n) is 3.38. The van der Waals surface area contributed by atoms with E-state index in [1.165, 1.54) is 0 Å². The van der Waals surface area contributed by atoms with Gasteiger partial charge in [-0.2, -0.15) is 0 Å². The van der Waals surface area contributed by atoms with Gasteiger partial charge in [-0.3, -0.25) is 0 Å². The molecule has 1 aromatic rings. The maximum Gasteiger partial charge on any atom is 0.504 e. The van der Waals surface area contributed by atoms with E-state index in [1.807, 2.05) is 30.3 Å². The molecule has 4 heteroatoms. The molecule has 0 heterocycles. The average Bonchev–Trinajstić information content (AvgIpc) is 2.36. The topological polar surface area (TPSA) is 27.7 Å². The summed E-state index contributed by atoms with van der Waals surface area (Å²) >= 11 is 0. The van der Waals surface area contributed by atoms with E-state index < -0.39 is 8.80 Å². The summed E-state index contributed by atoms with van der Waals surface area (Å²) in [5.74, 6) is 0. The zero-order valence-corrected chi connectivity index (χ0v) is 11.0. The molecule has 16 heavy (non-hydrogen) atoms. The summed E-state index contributed by atoms with van der Waals surface area (Å²) in [4.78, 5) is 0. The van der Waals surface area contributed by atoms with Crippen LogP contribution in [0.3, 0.4) is 0 Å². The lowest BCUT2D eigenvalue weighted by molar-refractivity contribution is 0.122. The van der Waals surface area contributed by atoms with Crippen LogP contribution in [0, 0.1) is 0 Å². The van der Waals surface area contributed by atoms with Crippen LogP contribution >= 0.6 is 0 Å². The molecule has 0 saturated heterocycles. The minimum atomic E-state index is -2.55. The number of rotatable bonds is 6. The Morgan fingerprint density at radius 2 is 1.69 bits per heavy atom. The van der Waals surface area contributed by atoms with Crippen LogP contribution in [0.1, 0.15) is 11.1 Å². The molecule has 1 aromatic carbocycles. The SMILES string of the molecule is C=Cc1ccccc1C[Si](OC)(OC)OC. The third-order valence-corrected chi connectivity index (χ3v) is 5.29. The van der Waals surface area contributed by atoms with Crippen molar-refractivity contribution in [1.82, 2.24) is 0 Å². The predicted octanol–water partition coefficient (Wildman–Crippen LogP) is 2.29. The molecular weight excluding hydrogens is 220 g/mol. The first kappa shape index (κ1) is 13.1. The van der Waals surface area contributed by atoms with Crippen LogP contribution in [0.4, 0.5) is 0 Å². The first-order valence-electron chi connectivity index (χ1n) is 5.07. The van der Waals surface area contributed by atoms with Gasteiger partial charge < -0.3 is 13.3 Å². The second kappa shape index (κ2) is 5.96. The van der Waals surface area contributed by atoms with Crippen molar-refractivity contribution in [3.8, 4) is 0 Å². The highest BCUT2D eigenvalue weighted by Gasteiger charge is 2.38. The molecule has 0 unspecified atom stereocenters. The minimum Gasteiger partial charge on any atom is -0.377 e. The summed E-state index contributed by atoms with van der Waals surface area (Å²) in [6.07, 6.45) is 1.83. The molecule has 0 bridgehead atoms. The maximum atomic E-state index is 5.40. The molecule has 0 atom stereocenters. The maximum absolute atomic E-state index is 5.40. The van der Waals surface area contributed by atoms with Gasteiger partial charge in [-0.15, -0.1) is 0 Å². The van der Waals surface area contributed by atoms with Crippen LogP contribution in [-0.4, -0.2) is 30.1 Å². The molecule has 3 nitrogen and oxygen atoms in total. The van der Waals surface area contributed by atoms with Gasteiger partial charge in [0.2, 0.25) is 0 Å². The van der Waals surface area contributed by atoms with E-state index in [2.05, 4.69) is 6.58 Å². The lowest BCUT2D eigenvalue weighted by atomic mass is 10.1. The quantitative estimate of drug-likeness (QED) is 0.712. The summed E-state index contributed by atoms with van der Waals surface area (Å²) < 4.78 is 16.2. The highest BCUT2D eigenvalue weighted by atomic mass is 28.4. The van der Waals surface area contributed by atoms with Crippen molar-refractivity contribution < 1.29 is 13.3 Å². The van der Waals surface area contributed by atoms with Gasteiger partial charge in [0, 0.05) is 27.4 Å². The molecule has 0 saturated carbocycles. The van der Waals surface area contributed by atoms with Crippen molar-refractivity contribution in [1.29, 1.82) is 0 Å². The van der Waals surface area contributed by atoms with Crippen LogP contribution in [-0.2, 0) is 19.3 Å². The predicted molar refractivity (Wildman–Crippen MR) is 67.0 cm³/mol. The van der Waals surface area contributed by atoms with Crippen molar-refractivity contribution in [2.24, 2.45) is 0 Å². The van der Waals surface area contributed by atoms with Gasteiger partial charge in [0.05, 0.1) is 0 Å². The summed E-state index contributed by atoms with van der Waals surface area (Å²) in [5.41, 5.74) is 2.22. The molecule has 88 valence electrons. The van der Waals surface area contributed by atoms with E-state index in [9.17, 15) is 0 Å². The lowest BCUT2D eigenvalue weighted by Crippen LogP contribution is -2.45. The smallest absolute Gasteiger partial charge is 0.377 e. The molecular formula is C12H18O3Si. The molecule has 0 N–H and O–H groups in total. The van der Waals surface area contributed by atoms with Crippen molar-refractivity contribution in [3.63, 3.8) is 0 Å². The van der Waals surface area contributed by atoms with E-state index in [1.54, 1.807) is 21.3 Å². The van der Waals surface area contributed by atoms with Gasteiger partial charge in [0.25, 0.3) is 0 Å². The van der Waals surface area contributed by atoms with Gasteiger partial charge in [0.15, 0.2) is 0 Å². The van der Waals surface area contributed by atoms with Gasteiger partial charge in [0.1, 0.15) is 0 Å². The first-order valence-corrected chi connectivity index (χ1v) is 7.00. The molecule has 0 fully saturated rings. The van der Waals surface area contributed by atoms with Crippen LogP contribution in [0.25, 0.3) is 6.08 Å². The third kappa shape index (κ3) is 2.80. The number of benzene rings is 1. The van der Waals surface area contributed by atoms with E-state index >= 15 is 0 Å². The summed E-state index contributed by atoms with van der Waals surface area (Å²) in [6, 6.07) is 8.68. The van der Waals surface area contributed by atoms with Gasteiger partial charge in [-0.1, -0.05) is 36.9 Å². The highest BCUT2D eigenvalue weighted by Crippen LogP contribution is 2.18. The van der Waals surface area contributed by atoms with Crippen LogP contribution < -0.4 is 0 Å². The Kier molecular flexibility index (Phi) is 4.89. The number of hydrogen-bond acceptors (Lipinski definition) is 3. The van der Waals surface area contributed by atoms with Crippen molar-refractivity contribution in [2.75, 3.05) is 21.3 Å². The Balaban J connectivity index is 2.97. The van der Waals surface area contributed by atoms with E-state index in [0.29, 0.717) is 6.04 Å². The first-order chi connectivity index (χ1) is 7.71. The molecule has 0 spiro atoms. The zero-order chi connectivity index (χ0) is 12.0.